The molecule has 0 unspecified atom stereocenters. The summed E-state index contributed by atoms with van der Waals surface area (Å²) < 4.78 is 1.92. The lowest BCUT2D eigenvalue weighted by molar-refractivity contribution is 0.590. The third kappa shape index (κ3) is 2.56. The van der Waals surface area contributed by atoms with Crippen molar-refractivity contribution in [3.8, 4) is 11.3 Å². The Balaban J connectivity index is 2.46. The van der Waals surface area contributed by atoms with Crippen molar-refractivity contribution in [1.29, 1.82) is 0 Å². The third-order valence-electron chi connectivity index (χ3n) is 3.60. The molecule has 0 spiro atoms. The zero-order valence-electron chi connectivity index (χ0n) is 12.5. The fourth-order valence-corrected chi connectivity index (χ4v) is 2.41. The van der Waals surface area contributed by atoms with Crippen LogP contribution in [0.25, 0.3) is 11.3 Å². The number of hydrogen-bond donors (Lipinski definition) is 1. The lowest BCUT2D eigenvalue weighted by atomic mass is 9.86. The highest BCUT2D eigenvalue weighted by atomic mass is 15.3. The van der Waals surface area contributed by atoms with Gasteiger partial charge in [-0.3, -0.25) is 4.68 Å². The Morgan fingerprint density at radius 3 is 2.16 bits per heavy atom. The van der Waals surface area contributed by atoms with Crippen LogP contribution in [-0.2, 0) is 19.0 Å². The van der Waals surface area contributed by atoms with E-state index in [0.717, 1.165) is 11.4 Å². The first kappa shape index (κ1) is 13.8. The Morgan fingerprint density at radius 1 is 1.16 bits per heavy atom. The lowest BCUT2D eigenvalue weighted by Gasteiger charge is -2.19. The number of rotatable bonds is 2. The van der Waals surface area contributed by atoms with Crippen LogP contribution in [0, 0.1) is 6.92 Å². The van der Waals surface area contributed by atoms with Gasteiger partial charge in [0.05, 0.1) is 11.4 Å². The summed E-state index contributed by atoms with van der Waals surface area (Å²) in [4.78, 5) is 0. The minimum absolute atomic E-state index is 0.183. The Morgan fingerprint density at radius 2 is 1.74 bits per heavy atom. The fraction of sp³-hybridized carbons (Fsp3) is 0.438. The molecule has 102 valence electrons. The molecule has 3 nitrogen and oxygen atoms in total. The number of nitrogens with two attached hydrogens (primary N) is 1. The van der Waals surface area contributed by atoms with Gasteiger partial charge in [-0.15, -0.1) is 0 Å². The van der Waals surface area contributed by atoms with Crippen LogP contribution in [0.15, 0.2) is 24.3 Å². The molecule has 0 amide bonds. The minimum Gasteiger partial charge on any atom is -0.325 e. The molecule has 2 aromatic rings. The van der Waals surface area contributed by atoms with Crippen molar-refractivity contribution >= 4 is 0 Å². The summed E-state index contributed by atoms with van der Waals surface area (Å²) in [6.45, 7) is 9.25. The van der Waals surface area contributed by atoms with Crippen LogP contribution in [0.1, 0.15) is 37.6 Å². The zero-order valence-corrected chi connectivity index (χ0v) is 12.5. The molecule has 0 atom stereocenters. The average molecular weight is 257 g/mol. The summed E-state index contributed by atoms with van der Waals surface area (Å²) in [7, 11) is 1.97. The highest BCUT2D eigenvalue weighted by Gasteiger charge is 2.16. The molecule has 1 heterocycles. The second-order valence-electron chi connectivity index (χ2n) is 6.08. The summed E-state index contributed by atoms with van der Waals surface area (Å²) in [5, 5.41) is 4.47. The molecule has 0 saturated carbocycles. The smallest absolute Gasteiger partial charge is 0.0795 e. The van der Waals surface area contributed by atoms with Gasteiger partial charge in [-0.2, -0.15) is 5.10 Å². The second-order valence-corrected chi connectivity index (χ2v) is 6.08. The number of hydrogen-bond acceptors (Lipinski definition) is 2. The van der Waals surface area contributed by atoms with Crippen LogP contribution in [0.5, 0.6) is 0 Å². The van der Waals surface area contributed by atoms with Crippen LogP contribution >= 0.6 is 0 Å². The standard InChI is InChI=1S/C16H23N3/c1-11-14(10-17)18-19(5)15(11)12-6-8-13(9-7-12)16(2,3)4/h6-9H,10,17H2,1-5H3. The van der Waals surface area contributed by atoms with Gasteiger partial charge in [0.1, 0.15) is 0 Å². The molecule has 1 aromatic heterocycles. The van der Waals surface area contributed by atoms with Gasteiger partial charge in [-0.05, 0) is 23.5 Å². The van der Waals surface area contributed by atoms with Crippen LogP contribution in [-0.4, -0.2) is 9.78 Å². The molecule has 19 heavy (non-hydrogen) atoms. The van der Waals surface area contributed by atoms with E-state index in [1.165, 1.54) is 16.7 Å². The van der Waals surface area contributed by atoms with E-state index in [1.807, 2.05) is 11.7 Å². The topological polar surface area (TPSA) is 43.8 Å². The molecule has 0 aliphatic rings. The molecule has 0 saturated heterocycles. The Hall–Kier alpha value is -1.61. The van der Waals surface area contributed by atoms with Crippen molar-refractivity contribution in [3.05, 3.63) is 41.1 Å². The summed E-state index contributed by atoms with van der Waals surface area (Å²) in [6.07, 6.45) is 0. The lowest BCUT2D eigenvalue weighted by Crippen LogP contribution is -2.10. The maximum absolute atomic E-state index is 5.72. The quantitative estimate of drug-likeness (QED) is 0.898. The Labute approximate surface area is 115 Å². The molecule has 1 aromatic carbocycles. The van der Waals surface area contributed by atoms with E-state index in [9.17, 15) is 0 Å². The average Bonchev–Trinajstić information content (AvgIpc) is 2.63. The van der Waals surface area contributed by atoms with E-state index in [1.54, 1.807) is 0 Å². The minimum atomic E-state index is 0.183. The van der Waals surface area contributed by atoms with Crippen molar-refractivity contribution in [3.63, 3.8) is 0 Å². The van der Waals surface area contributed by atoms with Gasteiger partial charge in [0, 0.05) is 19.2 Å². The van der Waals surface area contributed by atoms with Gasteiger partial charge in [-0.1, -0.05) is 45.0 Å². The van der Waals surface area contributed by atoms with E-state index in [0.29, 0.717) is 6.54 Å². The largest absolute Gasteiger partial charge is 0.325 e. The molecule has 3 heteroatoms. The molecule has 2 N–H and O–H groups in total. The molecule has 0 fully saturated rings. The number of benzene rings is 1. The van der Waals surface area contributed by atoms with Crippen molar-refractivity contribution in [1.82, 2.24) is 9.78 Å². The molecule has 0 aliphatic heterocycles. The SMILES string of the molecule is Cc1c(CN)nn(C)c1-c1ccc(C(C)(C)C)cc1. The van der Waals surface area contributed by atoms with Crippen molar-refractivity contribution in [2.45, 2.75) is 39.7 Å². The van der Waals surface area contributed by atoms with Gasteiger partial charge < -0.3 is 5.73 Å². The van der Waals surface area contributed by atoms with Crippen molar-refractivity contribution in [2.75, 3.05) is 0 Å². The Bertz CT molecular complexity index is 571. The number of nitrogens with zero attached hydrogens (tertiary/aromatic N) is 2. The molecular formula is C16H23N3. The van der Waals surface area contributed by atoms with Crippen molar-refractivity contribution < 1.29 is 0 Å². The molecule has 0 aliphatic carbocycles. The molecule has 2 rings (SSSR count). The highest BCUT2D eigenvalue weighted by molar-refractivity contribution is 5.64. The first-order valence-electron chi connectivity index (χ1n) is 6.68. The maximum Gasteiger partial charge on any atom is 0.0795 e. The van der Waals surface area contributed by atoms with Crippen LogP contribution in [0.2, 0.25) is 0 Å². The monoisotopic (exact) mass is 257 g/mol. The van der Waals surface area contributed by atoms with Gasteiger partial charge in [0.2, 0.25) is 0 Å². The molecule has 0 radical (unpaired) electrons. The zero-order chi connectivity index (χ0) is 14.2. The van der Waals surface area contributed by atoms with Gasteiger partial charge in [0.25, 0.3) is 0 Å². The van der Waals surface area contributed by atoms with E-state index < -0.39 is 0 Å². The summed E-state index contributed by atoms with van der Waals surface area (Å²) in [5.41, 5.74) is 11.7. The van der Waals surface area contributed by atoms with Gasteiger partial charge in [-0.25, -0.2) is 0 Å². The highest BCUT2D eigenvalue weighted by Crippen LogP contribution is 2.28. The van der Waals surface area contributed by atoms with E-state index in [4.69, 9.17) is 5.73 Å². The number of aryl methyl sites for hydroxylation is 1. The predicted molar refractivity (Wildman–Crippen MR) is 80.0 cm³/mol. The predicted octanol–water partition coefficient (Wildman–Crippen LogP) is 3.15. The normalized spacial score (nSPS) is 11.9. The maximum atomic E-state index is 5.72. The van der Waals surface area contributed by atoms with Crippen LogP contribution in [0.3, 0.4) is 0 Å². The van der Waals surface area contributed by atoms with E-state index in [2.05, 4.69) is 57.1 Å². The summed E-state index contributed by atoms with van der Waals surface area (Å²) >= 11 is 0. The van der Waals surface area contributed by atoms with Crippen LogP contribution < -0.4 is 5.73 Å². The van der Waals surface area contributed by atoms with Crippen LogP contribution in [0.4, 0.5) is 0 Å². The molecule has 0 bridgehead atoms. The van der Waals surface area contributed by atoms with Gasteiger partial charge in [0.15, 0.2) is 0 Å². The van der Waals surface area contributed by atoms with E-state index >= 15 is 0 Å². The van der Waals surface area contributed by atoms with Gasteiger partial charge >= 0.3 is 0 Å². The van der Waals surface area contributed by atoms with Crippen molar-refractivity contribution in [2.24, 2.45) is 12.8 Å². The summed E-state index contributed by atoms with van der Waals surface area (Å²) in [5.74, 6) is 0. The third-order valence-corrected chi connectivity index (χ3v) is 3.60. The Kier molecular flexibility index (Phi) is 3.50. The first-order chi connectivity index (χ1) is 8.84. The molecular weight excluding hydrogens is 234 g/mol. The number of aromatic nitrogens is 2. The fourth-order valence-electron chi connectivity index (χ4n) is 2.41. The summed E-state index contributed by atoms with van der Waals surface area (Å²) in [6, 6.07) is 8.74. The van der Waals surface area contributed by atoms with E-state index in [-0.39, 0.29) is 5.41 Å². The first-order valence-corrected chi connectivity index (χ1v) is 6.68. The second kappa shape index (κ2) is 4.82.